The molecule has 0 aliphatic rings. The van der Waals surface area contributed by atoms with Gasteiger partial charge in [-0.1, -0.05) is 13.3 Å². The maximum atomic E-state index is 11.9. The van der Waals surface area contributed by atoms with Gasteiger partial charge in [-0.05, 0) is 63.7 Å². The van der Waals surface area contributed by atoms with Crippen LogP contribution in [0, 0.1) is 7.14 Å². The maximum absolute atomic E-state index is 11.9. The molecule has 18 heavy (non-hydrogen) atoms. The van der Waals surface area contributed by atoms with Crippen LogP contribution < -0.4 is 5.32 Å². The first-order chi connectivity index (χ1) is 8.45. The molecule has 1 aromatic rings. The molecule has 0 radical (unpaired) electrons. The molecule has 0 aromatic heterocycles. The SMILES string of the molecule is CCCC(O)CNC(=O)c1cc(I)cc(I)c1O. The summed E-state index contributed by atoms with van der Waals surface area (Å²) >= 11 is 4.07. The summed E-state index contributed by atoms with van der Waals surface area (Å²) < 4.78 is 1.52. The summed E-state index contributed by atoms with van der Waals surface area (Å²) in [7, 11) is 0. The number of hydrogen-bond donors (Lipinski definition) is 3. The molecule has 4 nitrogen and oxygen atoms in total. The molecule has 0 heterocycles. The van der Waals surface area contributed by atoms with Crippen molar-refractivity contribution in [3.63, 3.8) is 0 Å². The number of phenols is 1. The van der Waals surface area contributed by atoms with Crippen LogP contribution in [0.4, 0.5) is 0 Å². The molecule has 0 aliphatic heterocycles. The highest BCUT2D eigenvalue weighted by Crippen LogP contribution is 2.26. The summed E-state index contributed by atoms with van der Waals surface area (Å²) in [6.45, 7) is 2.17. The number of aliphatic hydroxyl groups is 1. The average Bonchev–Trinajstić information content (AvgIpc) is 2.31. The van der Waals surface area contributed by atoms with Gasteiger partial charge in [0, 0.05) is 10.1 Å². The average molecular weight is 475 g/mol. The summed E-state index contributed by atoms with van der Waals surface area (Å²) in [4.78, 5) is 11.9. The Morgan fingerprint density at radius 2 is 2.11 bits per heavy atom. The Morgan fingerprint density at radius 1 is 1.44 bits per heavy atom. The minimum absolute atomic E-state index is 0.0153. The smallest absolute Gasteiger partial charge is 0.255 e. The first-order valence-electron chi connectivity index (χ1n) is 5.60. The van der Waals surface area contributed by atoms with E-state index in [1.165, 1.54) is 0 Å². The third-order valence-corrected chi connectivity index (χ3v) is 3.84. The normalized spacial score (nSPS) is 12.2. The lowest BCUT2D eigenvalue weighted by atomic mass is 10.1. The van der Waals surface area contributed by atoms with Gasteiger partial charge in [0.15, 0.2) is 0 Å². The number of rotatable bonds is 5. The number of carbonyl (C=O) groups is 1. The molecule has 0 saturated heterocycles. The third-order valence-electron chi connectivity index (χ3n) is 2.39. The summed E-state index contributed by atoms with van der Waals surface area (Å²) in [5, 5.41) is 22.0. The molecule has 0 saturated carbocycles. The van der Waals surface area contributed by atoms with E-state index in [2.05, 4.69) is 27.9 Å². The molecule has 6 heteroatoms. The van der Waals surface area contributed by atoms with Crippen molar-refractivity contribution in [3.05, 3.63) is 24.8 Å². The van der Waals surface area contributed by atoms with E-state index >= 15 is 0 Å². The quantitative estimate of drug-likeness (QED) is 0.574. The minimum atomic E-state index is -0.539. The second-order valence-electron chi connectivity index (χ2n) is 3.94. The van der Waals surface area contributed by atoms with Gasteiger partial charge in [-0.2, -0.15) is 0 Å². The van der Waals surface area contributed by atoms with E-state index in [1.807, 2.05) is 29.5 Å². The Kier molecular flexibility index (Phi) is 6.64. The third kappa shape index (κ3) is 4.54. The molecule has 1 amide bonds. The fraction of sp³-hybridized carbons (Fsp3) is 0.417. The number of carbonyl (C=O) groups excluding carboxylic acids is 1. The van der Waals surface area contributed by atoms with Gasteiger partial charge in [0.05, 0.1) is 15.2 Å². The Morgan fingerprint density at radius 3 is 2.72 bits per heavy atom. The van der Waals surface area contributed by atoms with Crippen LogP contribution in [0.5, 0.6) is 5.75 Å². The molecule has 1 aromatic carbocycles. The first-order valence-corrected chi connectivity index (χ1v) is 7.75. The predicted molar refractivity (Wildman–Crippen MR) is 86.8 cm³/mol. The molecule has 0 spiro atoms. The van der Waals surface area contributed by atoms with Crippen LogP contribution in [0.3, 0.4) is 0 Å². The molecule has 3 N–H and O–H groups in total. The van der Waals surface area contributed by atoms with Gasteiger partial charge in [0.1, 0.15) is 5.75 Å². The Balaban J connectivity index is 2.73. The summed E-state index contributed by atoms with van der Waals surface area (Å²) in [5.74, 6) is -0.377. The fourth-order valence-electron chi connectivity index (χ4n) is 1.48. The molecule has 1 atom stereocenters. The van der Waals surface area contributed by atoms with Crippen LogP contribution in [-0.4, -0.2) is 28.8 Å². The second-order valence-corrected chi connectivity index (χ2v) is 6.34. The molecule has 0 bridgehead atoms. The number of hydrogen-bond acceptors (Lipinski definition) is 3. The van der Waals surface area contributed by atoms with Gasteiger partial charge in [0.2, 0.25) is 0 Å². The standard InChI is InChI=1S/C12H15I2NO3/c1-2-3-8(16)6-15-12(18)9-4-7(13)5-10(14)11(9)17/h4-5,8,16-17H,2-3,6H2,1H3,(H,15,18). The van der Waals surface area contributed by atoms with Crippen molar-refractivity contribution in [2.45, 2.75) is 25.9 Å². The van der Waals surface area contributed by atoms with Crippen LogP contribution in [0.25, 0.3) is 0 Å². The highest BCUT2D eigenvalue weighted by molar-refractivity contribution is 14.1. The van der Waals surface area contributed by atoms with Crippen molar-refractivity contribution in [3.8, 4) is 5.75 Å². The van der Waals surface area contributed by atoms with Crippen molar-refractivity contribution in [2.75, 3.05) is 6.54 Å². The molecular formula is C12H15I2NO3. The predicted octanol–water partition coefficient (Wildman–Crippen LogP) is 2.49. The van der Waals surface area contributed by atoms with E-state index < -0.39 is 6.10 Å². The van der Waals surface area contributed by atoms with E-state index in [4.69, 9.17) is 0 Å². The Bertz CT molecular complexity index is 438. The molecule has 0 aliphatic carbocycles. The van der Waals surface area contributed by atoms with Crippen molar-refractivity contribution in [2.24, 2.45) is 0 Å². The Labute approximate surface area is 133 Å². The monoisotopic (exact) mass is 475 g/mol. The number of aliphatic hydroxyl groups excluding tert-OH is 1. The van der Waals surface area contributed by atoms with Crippen LogP contribution in [-0.2, 0) is 0 Å². The number of phenolic OH excluding ortho intramolecular Hbond substituents is 1. The van der Waals surface area contributed by atoms with Crippen LogP contribution >= 0.6 is 45.2 Å². The van der Waals surface area contributed by atoms with E-state index in [0.717, 1.165) is 9.99 Å². The maximum Gasteiger partial charge on any atom is 0.255 e. The zero-order valence-electron chi connectivity index (χ0n) is 9.91. The van der Waals surface area contributed by atoms with Gasteiger partial charge in [-0.25, -0.2) is 0 Å². The highest BCUT2D eigenvalue weighted by Gasteiger charge is 2.15. The summed E-state index contributed by atoms with van der Waals surface area (Å²) in [5.41, 5.74) is 0.245. The van der Waals surface area contributed by atoms with Crippen molar-refractivity contribution >= 4 is 51.1 Å². The van der Waals surface area contributed by atoms with Gasteiger partial charge >= 0.3 is 0 Å². The fourth-order valence-corrected chi connectivity index (χ4v) is 3.32. The summed E-state index contributed by atoms with van der Waals surface area (Å²) in [6.07, 6.45) is 0.974. The Hall–Kier alpha value is -0.0900. The molecule has 0 fully saturated rings. The molecule has 1 unspecified atom stereocenters. The van der Waals surface area contributed by atoms with Gasteiger partial charge in [-0.15, -0.1) is 0 Å². The second kappa shape index (κ2) is 7.49. The van der Waals surface area contributed by atoms with E-state index in [0.29, 0.717) is 9.99 Å². The van der Waals surface area contributed by atoms with Crippen LogP contribution in [0.1, 0.15) is 30.1 Å². The van der Waals surface area contributed by atoms with Crippen LogP contribution in [0.15, 0.2) is 12.1 Å². The summed E-state index contributed by atoms with van der Waals surface area (Å²) in [6, 6.07) is 3.42. The highest BCUT2D eigenvalue weighted by atomic mass is 127. The van der Waals surface area contributed by atoms with Gasteiger partial charge in [0.25, 0.3) is 5.91 Å². The topological polar surface area (TPSA) is 69.6 Å². The zero-order chi connectivity index (χ0) is 13.7. The van der Waals surface area contributed by atoms with E-state index in [-0.39, 0.29) is 23.8 Å². The van der Waals surface area contributed by atoms with E-state index in [9.17, 15) is 15.0 Å². The largest absolute Gasteiger partial charge is 0.506 e. The number of aromatic hydroxyl groups is 1. The number of amides is 1. The minimum Gasteiger partial charge on any atom is -0.506 e. The molecule has 100 valence electrons. The molecular weight excluding hydrogens is 460 g/mol. The number of halogens is 2. The first kappa shape index (κ1) is 16.0. The lowest BCUT2D eigenvalue weighted by Crippen LogP contribution is -2.32. The van der Waals surface area contributed by atoms with Crippen molar-refractivity contribution < 1.29 is 15.0 Å². The number of benzene rings is 1. The zero-order valence-corrected chi connectivity index (χ0v) is 14.2. The molecule has 1 rings (SSSR count). The van der Waals surface area contributed by atoms with Crippen molar-refractivity contribution in [1.29, 1.82) is 0 Å². The lowest BCUT2D eigenvalue weighted by molar-refractivity contribution is 0.0907. The van der Waals surface area contributed by atoms with E-state index in [1.54, 1.807) is 12.1 Å². The van der Waals surface area contributed by atoms with Gasteiger partial charge < -0.3 is 15.5 Å². The van der Waals surface area contributed by atoms with Crippen molar-refractivity contribution in [1.82, 2.24) is 5.32 Å². The van der Waals surface area contributed by atoms with Crippen LogP contribution in [0.2, 0.25) is 0 Å². The lowest BCUT2D eigenvalue weighted by Gasteiger charge is -2.12. The number of nitrogens with one attached hydrogen (secondary N) is 1. The van der Waals surface area contributed by atoms with Gasteiger partial charge in [-0.3, -0.25) is 4.79 Å².